The Kier molecular flexibility index (Phi) is 5.10. The van der Waals surface area contributed by atoms with E-state index in [0.29, 0.717) is 34.9 Å². The molecule has 0 spiro atoms. The summed E-state index contributed by atoms with van der Waals surface area (Å²) in [7, 11) is 1.66. The molecule has 0 fully saturated rings. The van der Waals surface area contributed by atoms with E-state index in [2.05, 4.69) is 25.1 Å². The van der Waals surface area contributed by atoms with Gasteiger partial charge in [-0.3, -0.25) is 14.6 Å². The molecule has 29 heavy (non-hydrogen) atoms. The van der Waals surface area contributed by atoms with E-state index in [-0.39, 0.29) is 24.4 Å². The van der Waals surface area contributed by atoms with Crippen molar-refractivity contribution in [3.05, 3.63) is 70.9 Å². The summed E-state index contributed by atoms with van der Waals surface area (Å²) < 4.78 is 5.22. The maximum absolute atomic E-state index is 12.5. The number of pyridine rings is 1. The SMILES string of the molecule is CN(Cc1nc2ccccc2c(=O)[nH]1)C(=O)CCc1nc(-c2ccncc2)no1. The van der Waals surface area contributed by atoms with Gasteiger partial charge in [0, 0.05) is 37.8 Å². The van der Waals surface area contributed by atoms with Crippen LogP contribution in [0, 0.1) is 0 Å². The zero-order valence-corrected chi connectivity index (χ0v) is 15.7. The number of nitrogens with one attached hydrogen (secondary N) is 1. The van der Waals surface area contributed by atoms with Crippen molar-refractivity contribution in [1.82, 2.24) is 30.0 Å². The Morgan fingerprint density at radius 3 is 2.76 bits per heavy atom. The Morgan fingerprint density at radius 1 is 1.14 bits per heavy atom. The lowest BCUT2D eigenvalue weighted by Gasteiger charge is -2.16. The first-order chi connectivity index (χ1) is 14.1. The van der Waals surface area contributed by atoms with Crippen molar-refractivity contribution in [2.45, 2.75) is 19.4 Å². The van der Waals surface area contributed by atoms with E-state index in [1.54, 1.807) is 49.8 Å². The molecule has 3 heterocycles. The van der Waals surface area contributed by atoms with Gasteiger partial charge in [-0.05, 0) is 24.3 Å². The first-order valence-corrected chi connectivity index (χ1v) is 9.05. The number of carbonyl (C=O) groups excluding carboxylic acids is 1. The number of amides is 1. The van der Waals surface area contributed by atoms with Crippen LogP contribution in [0.3, 0.4) is 0 Å². The van der Waals surface area contributed by atoms with Crippen LogP contribution in [0.4, 0.5) is 0 Å². The zero-order valence-electron chi connectivity index (χ0n) is 15.7. The molecule has 1 amide bonds. The quantitative estimate of drug-likeness (QED) is 0.535. The smallest absolute Gasteiger partial charge is 0.258 e. The van der Waals surface area contributed by atoms with E-state index in [1.807, 2.05) is 6.07 Å². The largest absolute Gasteiger partial charge is 0.339 e. The highest BCUT2D eigenvalue weighted by molar-refractivity contribution is 5.77. The predicted octanol–water partition coefficient (Wildman–Crippen LogP) is 1.96. The molecule has 0 saturated heterocycles. The minimum atomic E-state index is -0.221. The lowest BCUT2D eigenvalue weighted by Crippen LogP contribution is -2.28. The van der Waals surface area contributed by atoms with Gasteiger partial charge in [-0.25, -0.2) is 4.98 Å². The third-order valence-electron chi connectivity index (χ3n) is 4.43. The number of aromatic amines is 1. The van der Waals surface area contributed by atoms with E-state index in [1.165, 1.54) is 4.90 Å². The Morgan fingerprint density at radius 2 is 1.93 bits per heavy atom. The number of nitrogens with zero attached hydrogens (tertiary/aromatic N) is 5. The number of aromatic nitrogens is 5. The van der Waals surface area contributed by atoms with E-state index < -0.39 is 0 Å². The third kappa shape index (κ3) is 4.18. The molecule has 9 nitrogen and oxygen atoms in total. The minimum absolute atomic E-state index is 0.121. The van der Waals surface area contributed by atoms with Crippen LogP contribution >= 0.6 is 0 Å². The number of para-hydroxylation sites is 1. The fraction of sp³-hybridized carbons (Fsp3) is 0.200. The van der Waals surface area contributed by atoms with Crippen molar-refractivity contribution in [2.24, 2.45) is 0 Å². The molecule has 0 aliphatic rings. The van der Waals surface area contributed by atoms with E-state index in [4.69, 9.17) is 4.52 Å². The van der Waals surface area contributed by atoms with Crippen molar-refractivity contribution in [3.8, 4) is 11.4 Å². The predicted molar refractivity (Wildman–Crippen MR) is 105 cm³/mol. The Balaban J connectivity index is 1.38. The highest BCUT2D eigenvalue weighted by atomic mass is 16.5. The topological polar surface area (TPSA) is 118 Å². The molecule has 1 aromatic carbocycles. The van der Waals surface area contributed by atoms with Crippen LogP contribution in [0.1, 0.15) is 18.1 Å². The fourth-order valence-corrected chi connectivity index (χ4v) is 2.90. The van der Waals surface area contributed by atoms with Gasteiger partial charge in [0.1, 0.15) is 5.82 Å². The Bertz CT molecular complexity index is 1200. The summed E-state index contributed by atoms with van der Waals surface area (Å²) in [6.45, 7) is 0.199. The third-order valence-corrected chi connectivity index (χ3v) is 4.43. The van der Waals surface area contributed by atoms with Gasteiger partial charge < -0.3 is 14.4 Å². The molecule has 0 aliphatic heterocycles. The summed E-state index contributed by atoms with van der Waals surface area (Å²) in [5.74, 6) is 1.16. The van der Waals surface area contributed by atoms with Crippen molar-refractivity contribution in [2.75, 3.05) is 7.05 Å². The highest BCUT2D eigenvalue weighted by Gasteiger charge is 2.15. The second-order valence-corrected chi connectivity index (χ2v) is 6.53. The summed E-state index contributed by atoms with van der Waals surface area (Å²) >= 11 is 0. The summed E-state index contributed by atoms with van der Waals surface area (Å²) in [4.78, 5) is 41.5. The van der Waals surface area contributed by atoms with Gasteiger partial charge in [-0.15, -0.1) is 0 Å². The standard InChI is InChI=1S/C20H18N6O3/c1-26(12-16-22-15-5-3-2-4-14(15)20(28)23-16)18(27)7-6-17-24-19(25-29-17)13-8-10-21-11-9-13/h2-5,8-11H,6-7,12H2,1H3,(H,22,23,28). The lowest BCUT2D eigenvalue weighted by atomic mass is 10.2. The first-order valence-electron chi connectivity index (χ1n) is 9.05. The molecule has 4 rings (SSSR count). The monoisotopic (exact) mass is 390 g/mol. The molecule has 146 valence electrons. The Hall–Kier alpha value is -3.88. The molecular weight excluding hydrogens is 372 g/mol. The van der Waals surface area contributed by atoms with E-state index in [0.717, 1.165) is 5.56 Å². The molecule has 0 saturated carbocycles. The molecule has 3 aromatic heterocycles. The number of fused-ring (bicyclic) bond motifs is 1. The summed E-state index contributed by atoms with van der Waals surface area (Å²) in [6, 6.07) is 10.6. The molecule has 0 bridgehead atoms. The number of hydrogen-bond acceptors (Lipinski definition) is 7. The molecule has 1 N–H and O–H groups in total. The van der Waals surface area contributed by atoms with Crippen molar-refractivity contribution in [3.63, 3.8) is 0 Å². The minimum Gasteiger partial charge on any atom is -0.339 e. The molecule has 9 heteroatoms. The van der Waals surface area contributed by atoms with Crippen molar-refractivity contribution in [1.29, 1.82) is 0 Å². The first kappa shape index (κ1) is 18.5. The maximum Gasteiger partial charge on any atom is 0.258 e. The van der Waals surface area contributed by atoms with E-state index in [9.17, 15) is 9.59 Å². The van der Waals surface area contributed by atoms with Gasteiger partial charge in [0.05, 0.1) is 17.4 Å². The average Bonchev–Trinajstić information content (AvgIpc) is 3.22. The van der Waals surface area contributed by atoms with Gasteiger partial charge in [0.25, 0.3) is 5.56 Å². The number of rotatable bonds is 6. The number of aryl methyl sites for hydroxylation is 1. The van der Waals surface area contributed by atoms with Crippen LogP contribution in [0.15, 0.2) is 58.1 Å². The van der Waals surface area contributed by atoms with Gasteiger partial charge in [-0.2, -0.15) is 4.98 Å². The molecule has 0 unspecified atom stereocenters. The van der Waals surface area contributed by atoms with Gasteiger partial charge >= 0.3 is 0 Å². The molecular formula is C20H18N6O3. The van der Waals surface area contributed by atoms with Crippen LogP contribution in [-0.2, 0) is 17.8 Å². The number of carbonyl (C=O) groups is 1. The average molecular weight is 390 g/mol. The van der Waals surface area contributed by atoms with Crippen LogP contribution in [-0.4, -0.2) is 42.9 Å². The van der Waals surface area contributed by atoms with Gasteiger partial charge in [-0.1, -0.05) is 17.3 Å². The molecule has 4 aromatic rings. The number of benzene rings is 1. The summed E-state index contributed by atoms with van der Waals surface area (Å²) in [6.07, 6.45) is 3.82. The van der Waals surface area contributed by atoms with Crippen LogP contribution in [0.5, 0.6) is 0 Å². The molecule has 0 atom stereocenters. The number of hydrogen-bond donors (Lipinski definition) is 1. The van der Waals surface area contributed by atoms with Crippen molar-refractivity contribution >= 4 is 16.8 Å². The number of H-pyrrole nitrogens is 1. The zero-order chi connectivity index (χ0) is 20.2. The Labute approximate surface area is 165 Å². The summed E-state index contributed by atoms with van der Waals surface area (Å²) in [5, 5.41) is 4.45. The van der Waals surface area contributed by atoms with Crippen molar-refractivity contribution < 1.29 is 9.32 Å². The van der Waals surface area contributed by atoms with Crippen LogP contribution in [0.25, 0.3) is 22.3 Å². The second-order valence-electron chi connectivity index (χ2n) is 6.53. The lowest BCUT2D eigenvalue weighted by molar-refractivity contribution is -0.130. The second kappa shape index (κ2) is 8.01. The summed E-state index contributed by atoms with van der Waals surface area (Å²) in [5.41, 5.74) is 1.17. The maximum atomic E-state index is 12.5. The normalized spacial score (nSPS) is 10.9. The van der Waals surface area contributed by atoms with E-state index >= 15 is 0 Å². The highest BCUT2D eigenvalue weighted by Crippen LogP contribution is 2.15. The van der Waals surface area contributed by atoms with Gasteiger partial charge in [0.15, 0.2) is 0 Å². The molecule has 0 radical (unpaired) electrons. The van der Waals surface area contributed by atoms with Crippen LogP contribution < -0.4 is 5.56 Å². The van der Waals surface area contributed by atoms with Crippen LogP contribution in [0.2, 0.25) is 0 Å². The molecule has 0 aliphatic carbocycles. The fourth-order valence-electron chi connectivity index (χ4n) is 2.90. The van der Waals surface area contributed by atoms with Gasteiger partial charge in [0.2, 0.25) is 17.6 Å².